The lowest BCUT2D eigenvalue weighted by Gasteiger charge is -2.15. The van der Waals surface area contributed by atoms with Crippen molar-refractivity contribution in [3.8, 4) is 0 Å². The summed E-state index contributed by atoms with van der Waals surface area (Å²) in [5, 5.41) is 5.09. The Labute approximate surface area is 148 Å². The molecule has 1 aliphatic carbocycles. The van der Waals surface area contributed by atoms with Crippen molar-refractivity contribution >= 4 is 17.5 Å². The SMILES string of the molecule is O=C(NCCc1ccccc1F)C1(C(=O)Nc2ccc(F)c(F)c2)CC1. The van der Waals surface area contributed by atoms with Crippen molar-refractivity contribution in [1.29, 1.82) is 0 Å². The van der Waals surface area contributed by atoms with Crippen LogP contribution in [0, 0.1) is 22.9 Å². The first-order valence-electron chi connectivity index (χ1n) is 8.20. The molecular formula is C19H17F3N2O2. The minimum atomic E-state index is -1.21. The fraction of sp³-hybridized carbons (Fsp3) is 0.263. The van der Waals surface area contributed by atoms with Gasteiger partial charge in [0, 0.05) is 18.3 Å². The summed E-state index contributed by atoms with van der Waals surface area (Å²) in [5.41, 5.74) is -0.650. The van der Waals surface area contributed by atoms with Crippen molar-refractivity contribution in [2.45, 2.75) is 19.3 Å². The van der Waals surface area contributed by atoms with Crippen molar-refractivity contribution in [3.63, 3.8) is 0 Å². The van der Waals surface area contributed by atoms with Crippen LogP contribution in [0.4, 0.5) is 18.9 Å². The topological polar surface area (TPSA) is 58.2 Å². The molecule has 1 saturated carbocycles. The minimum Gasteiger partial charge on any atom is -0.355 e. The molecule has 0 radical (unpaired) electrons. The zero-order valence-corrected chi connectivity index (χ0v) is 13.8. The third-order valence-corrected chi connectivity index (χ3v) is 4.43. The summed E-state index contributed by atoms with van der Waals surface area (Å²) in [6, 6.07) is 9.25. The predicted molar refractivity (Wildman–Crippen MR) is 89.8 cm³/mol. The number of anilines is 1. The quantitative estimate of drug-likeness (QED) is 0.776. The zero-order chi connectivity index (χ0) is 18.7. The summed E-state index contributed by atoms with van der Waals surface area (Å²) in [7, 11) is 0. The van der Waals surface area contributed by atoms with E-state index in [4.69, 9.17) is 0 Å². The number of carbonyl (C=O) groups is 2. The molecule has 26 heavy (non-hydrogen) atoms. The molecule has 136 valence electrons. The average Bonchev–Trinajstić information content (AvgIpc) is 3.42. The van der Waals surface area contributed by atoms with Crippen LogP contribution in [-0.2, 0) is 16.0 Å². The molecular weight excluding hydrogens is 345 g/mol. The molecule has 2 aromatic carbocycles. The number of carbonyl (C=O) groups excluding carboxylic acids is 2. The number of hydrogen-bond acceptors (Lipinski definition) is 2. The highest BCUT2D eigenvalue weighted by Crippen LogP contribution is 2.46. The molecule has 0 atom stereocenters. The maximum Gasteiger partial charge on any atom is 0.240 e. The highest BCUT2D eigenvalue weighted by atomic mass is 19.2. The third kappa shape index (κ3) is 3.71. The summed E-state index contributed by atoms with van der Waals surface area (Å²) < 4.78 is 39.7. The Balaban J connectivity index is 1.57. The molecule has 0 aromatic heterocycles. The zero-order valence-electron chi connectivity index (χ0n) is 13.8. The first-order chi connectivity index (χ1) is 12.4. The van der Waals surface area contributed by atoms with Crippen molar-refractivity contribution in [2.75, 3.05) is 11.9 Å². The Morgan fingerprint density at radius 2 is 1.65 bits per heavy atom. The molecule has 7 heteroatoms. The van der Waals surface area contributed by atoms with E-state index in [9.17, 15) is 22.8 Å². The number of nitrogens with one attached hydrogen (secondary N) is 2. The average molecular weight is 362 g/mol. The maximum atomic E-state index is 13.6. The Bertz CT molecular complexity index is 850. The Morgan fingerprint density at radius 1 is 0.923 bits per heavy atom. The summed E-state index contributed by atoms with van der Waals surface area (Å²) in [4.78, 5) is 24.7. The van der Waals surface area contributed by atoms with Gasteiger partial charge in [0.25, 0.3) is 0 Å². The van der Waals surface area contributed by atoms with Crippen LogP contribution in [0.5, 0.6) is 0 Å². The van der Waals surface area contributed by atoms with Crippen LogP contribution < -0.4 is 10.6 Å². The van der Waals surface area contributed by atoms with E-state index in [-0.39, 0.29) is 18.0 Å². The van der Waals surface area contributed by atoms with Gasteiger partial charge in [-0.05, 0) is 43.0 Å². The van der Waals surface area contributed by atoms with E-state index in [1.807, 2.05) is 0 Å². The molecule has 0 bridgehead atoms. The van der Waals surface area contributed by atoms with E-state index in [0.717, 1.165) is 12.1 Å². The van der Waals surface area contributed by atoms with Gasteiger partial charge < -0.3 is 10.6 Å². The highest BCUT2D eigenvalue weighted by Gasteiger charge is 2.56. The first-order valence-corrected chi connectivity index (χ1v) is 8.20. The lowest BCUT2D eigenvalue weighted by atomic mass is 10.0. The number of benzene rings is 2. The van der Waals surface area contributed by atoms with Gasteiger partial charge in [-0.25, -0.2) is 13.2 Å². The van der Waals surface area contributed by atoms with Crippen LogP contribution in [0.1, 0.15) is 18.4 Å². The van der Waals surface area contributed by atoms with Crippen molar-refractivity contribution in [3.05, 3.63) is 65.5 Å². The summed E-state index contributed by atoms with van der Waals surface area (Å²) >= 11 is 0. The Kier molecular flexibility index (Phi) is 4.97. The summed E-state index contributed by atoms with van der Waals surface area (Å²) in [5.74, 6) is -3.46. The molecule has 0 saturated heterocycles. The number of rotatable bonds is 6. The van der Waals surface area contributed by atoms with Gasteiger partial charge in [-0.15, -0.1) is 0 Å². The van der Waals surface area contributed by atoms with Gasteiger partial charge in [-0.3, -0.25) is 9.59 Å². The molecule has 0 heterocycles. The van der Waals surface area contributed by atoms with E-state index >= 15 is 0 Å². The van der Waals surface area contributed by atoms with Crippen molar-refractivity contribution in [1.82, 2.24) is 5.32 Å². The van der Waals surface area contributed by atoms with E-state index in [1.54, 1.807) is 18.2 Å². The van der Waals surface area contributed by atoms with Gasteiger partial charge in [0.2, 0.25) is 11.8 Å². The van der Waals surface area contributed by atoms with Crippen LogP contribution in [0.3, 0.4) is 0 Å². The van der Waals surface area contributed by atoms with Gasteiger partial charge in [-0.1, -0.05) is 18.2 Å². The molecule has 2 N–H and O–H groups in total. The first kappa shape index (κ1) is 18.0. The number of halogens is 3. The van der Waals surface area contributed by atoms with Crippen LogP contribution in [0.25, 0.3) is 0 Å². The van der Waals surface area contributed by atoms with Crippen molar-refractivity contribution in [2.24, 2.45) is 5.41 Å². The normalized spacial score (nSPS) is 14.6. The lowest BCUT2D eigenvalue weighted by molar-refractivity contribution is -0.134. The Morgan fingerprint density at radius 3 is 2.31 bits per heavy atom. The van der Waals surface area contributed by atoms with E-state index in [1.165, 1.54) is 12.1 Å². The summed E-state index contributed by atoms with van der Waals surface area (Å²) in [6.45, 7) is 0.194. The molecule has 0 aliphatic heterocycles. The van der Waals surface area contributed by atoms with Crippen molar-refractivity contribution < 1.29 is 22.8 Å². The second-order valence-corrected chi connectivity index (χ2v) is 6.26. The van der Waals surface area contributed by atoms with E-state index in [0.29, 0.717) is 24.8 Å². The molecule has 2 aromatic rings. The fourth-order valence-electron chi connectivity index (χ4n) is 2.69. The molecule has 2 amide bonds. The fourth-order valence-corrected chi connectivity index (χ4v) is 2.69. The minimum absolute atomic E-state index is 0.0827. The second-order valence-electron chi connectivity index (χ2n) is 6.26. The summed E-state index contributed by atoms with van der Waals surface area (Å²) in [6.07, 6.45) is 1.04. The predicted octanol–water partition coefficient (Wildman–Crippen LogP) is 3.18. The highest BCUT2D eigenvalue weighted by molar-refractivity contribution is 6.13. The molecule has 3 rings (SSSR count). The Hall–Kier alpha value is -2.83. The standard InChI is InChI=1S/C19H17F3N2O2/c20-14-4-2-1-3-12(14)7-10-23-17(25)19(8-9-19)18(26)24-13-5-6-15(21)16(22)11-13/h1-6,11H,7-10H2,(H,23,25)(H,24,26). The maximum absolute atomic E-state index is 13.6. The molecule has 0 unspecified atom stereocenters. The van der Waals surface area contributed by atoms with Gasteiger partial charge in [0.15, 0.2) is 11.6 Å². The molecule has 1 aliphatic rings. The van der Waals surface area contributed by atoms with E-state index < -0.39 is 28.9 Å². The van der Waals surface area contributed by atoms with Gasteiger partial charge in [0.1, 0.15) is 11.2 Å². The van der Waals surface area contributed by atoms with E-state index in [2.05, 4.69) is 10.6 Å². The molecule has 0 spiro atoms. The van der Waals surface area contributed by atoms with Crippen LogP contribution in [-0.4, -0.2) is 18.4 Å². The third-order valence-electron chi connectivity index (χ3n) is 4.43. The molecule has 1 fully saturated rings. The van der Waals surface area contributed by atoms with Crippen LogP contribution >= 0.6 is 0 Å². The lowest BCUT2D eigenvalue weighted by Crippen LogP contribution is -2.40. The van der Waals surface area contributed by atoms with Gasteiger partial charge >= 0.3 is 0 Å². The van der Waals surface area contributed by atoms with Gasteiger partial charge in [0.05, 0.1) is 0 Å². The van der Waals surface area contributed by atoms with Gasteiger partial charge in [-0.2, -0.15) is 0 Å². The molecule has 4 nitrogen and oxygen atoms in total. The monoisotopic (exact) mass is 362 g/mol. The second kappa shape index (κ2) is 7.19. The smallest absolute Gasteiger partial charge is 0.240 e. The van der Waals surface area contributed by atoms with Crippen LogP contribution in [0.15, 0.2) is 42.5 Å². The largest absolute Gasteiger partial charge is 0.355 e. The number of amides is 2. The van der Waals surface area contributed by atoms with Crippen LogP contribution in [0.2, 0.25) is 0 Å². The number of hydrogen-bond donors (Lipinski definition) is 2.